The normalized spacial score (nSPS) is 11.9. The smallest absolute Gasteiger partial charge is 0.318 e. The second-order valence-electron chi connectivity index (χ2n) is 3.78. The van der Waals surface area contributed by atoms with E-state index in [1.165, 1.54) is 0 Å². The molecule has 5 heteroatoms. The van der Waals surface area contributed by atoms with Gasteiger partial charge in [0.1, 0.15) is 10.9 Å². The number of oxazole rings is 1. The summed E-state index contributed by atoms with van der Waals surface area (Å²) >= 11 is 0. The van der Waals surface area contributed by atoms with Crippen molar-refractivity contribution in [2.45, 2.75) is 19.3 Å². The zero-order chi connectivity index (χ0) is 11.1. The Bertz CT molecular complexity index is 483. The van der Waals surface area contributed by atoms with Crippen molar-refractivity contribution in [3.63, 3.8) is 0 Å². The van der Waals surface area contributed by atoms with Gasteiger partial charge in [-0.1, -0.05) is 0 Å². The Labute approximate surface area is 85.8 Å². The highest BCUT2D eigenvalue weighted by Crippen LogP contribution is 2.25. The first kappa shape index (κ1) is 9.64. The fraction of sp³-hybridized carbons (Fsp3) is 0.300. The fourth-order valence-corrected chi connectivity index (χ4v) is 1.13. The molecule has 2 aromatic rings. The van der Waals surface area contributed by atoms with E-state index in [2.05, 4.69) is 9.97 Å². The molecule has 78 valence electrons. The van der Waals surface area contributed by atoms with Gasteiger partial charge < -0.3 is 9.52 Å². The summed E-state index contributed by atoms with van der Waals surface area (Å²) in [5.74, 6) is -0.808. The molecule has 0 fully saturated rings. The molecule has 0 amide bonds. The van der Waals surface area contributed by atoms with Crippen molar-refractivity contribution in [2.75, 3.05) is 0 Å². The molecule has 0 saturated heterocycles. The van der Waals surface area contributed by atoms with Crippen LogP contribution in [0, 0.1) is 0 Å². The molecule has 0 atom stereocenters. The van der Waals surface area contributed by atoms with E-state index in [4.69, 9.17) is 9.52 Å². The number of carbonyl (C=O) groups is 1. The summed E-state index contributed by atoms with van der Waals surface area (Å²) < 4.78 is 5.29. The summed E-state index contributed by atoms with van der Waals surface area (Å²) in [5.41, 5.74) is -0.204. The van der Waals surface area contributed by atoms with Gasteiger partial charge in [-0.15, -0.1) is 0 Å². The molecule has 0 bridgehead atoms. The summed E-state index contributed by atoms with van der Waals surface area (Å²) in [6.07, 6.45) is 1.57. The van der Waals surface area contributed by atoms with Gasteiger partial charge in [0.2, 0.25) is 11.6 Å². The number of aromatic nitrogens is 2. The van der Waals surface area contributed by atoms with E-state index in [1.54, 1.807) is 32.2 Å². The first-order valence-corrected chi connectivity index (χ1v) is 4.47. The molecule has 0 unspecified atom stereocenters. The predicted octanol–water partition coefficient (Wildman–Crippen LogP) is 1.58. The minimum Gasteiger partial charge on any atom is -0.480 e. The monoisotopic (exact) mass is 206 g/mol. The third kappa shape index (κ3) is 1.45. The Hall–Kier alpha value is -1.91. The molecule has 1 N–H and O–H groups in total. The maximum Gasteiger partial charge on any atom is 0.318 e. The quantitative estimate of drug-likeness (QED) is 0.807. The van der Waals surface area contributed by atoms with Gasteiger partial charge in [0, 0.05) is 6.20 Å². The molecule has 5 nitrogen and oxygen atoms in total. The average Bonchev–Trinajstić information content (AvgIpc) is 2.61. The minimum atomic E-state index is -1.14. The Morgan fingerprint density at radius 2 is 2.27 bits per heavy atom. The Kier molecular flexibility index (Phi) is 1.96. The van der Waals surface area contributed by atoms with Crippen LogP contribution in [-0.4, -0.2) is 21.0 Å². The topological polar surface area (TPSA) is 76.2 Å². The van der Waals surface area contributed by atoms with Crippen LogP contribution in [0.1, 0.15) is 19.7 Å². The van der Waals surface area contributed by atoms with Crippen LogP contribution in [0.4, 0.5) is 0 Å². The molecule has 0 aliphatic carbocycles. The van der Waals surface area contributed by atoms with E-state index in [-0.39, 0.29) is 5.89 Å². The van der Waals surface area contributed by atoms with E-state index in [0.717, 1.165) is 0 Å². The predicted molar refractivity (Wildman–Crippen MR) is 52.5 cm³/mol. The number of fused-ring (bicyclic) bond motifs is 1. The molecular formula is C10H10N2O3. The number of hydrogen-bond donors (Lipinski definition) is 1. The number of aliphatic carboxylic acids is 1. The zero-order valence-electron chi connectivity index (χ0n) is 8.39. The van der Waals surface area contributed by atoms with Crippen molar-refractivity contribution < 1.29 is 14.3 Å². The summed E-state index contributed by atoms with van der Waals surface area (Å²) in [5, 5.41) is 9.00. The van der Waals surface area contributed by atoms with Crippen LogP contribution in [0.3, 0.4) is 0 Å². The molecule has 0 radical (unpaired) electrons. The van der Waals surface area contributed by atoms with E-state index < -0.39 is 11.4 Å². The van der Waals surface area contributed by atoms with E-state index in [1.807, 2.05) is 0 Å². The summed E-state index contributed by atoms with van der Waals surface area (Å²) in [7, 11) is 0. The molecule has 0 aromatic carbocycles. The molecule has 0 aliphatic rings. The third-order valence-corrected chi connectivity index (χ3v) is 2.24. The van der Waals surface area contributed by atoms with Gasteiger partial charge in [-0.3, -0.25) is 4.79 Å². The molecule has 0 aliphatic heterocycles. The Balaban J connectivity index is 2.58. The number of hydrogen-bond acceptors (Lipinski definition) is 4. The maximum atomic E-state index is 11.0. The van der Waals surface area contributed by atoms with Crippen molar-refractivity contribution >= 4 is 17.2 Å². The number of nitrogens with zero attached hydrogens (tertiary/aromatic N) is 2. The van der Waals surface area contributed by atoms with Gasteiger partial charge >= 0.3 is 5.97 Å². The van der Waals surface area contributed by atoms with Gasteiger partial charge in [-0.05, 0) is 26.0 Å². The van der Waals surface area contributed by atoms with Crippen molar-refractivity contribution in [3.05, 3.63) is 24.2 Å². The molecule has 2 aromatic heterocycles. The standard InChI is InChI=1S/C10H10N2O3/c1-10(2,9(13)14)8-12-6-4-3-5-11-7(6)15-8/h3-5H,1-2H3,(H,13,14). The zero-order valence-corrected chi connectivity index (χ0v) is 8.39. The fourth-order valence-electron chi connectivity index (χ4n) is 1.13. The molecule has 0 spiro atoms. The number of rotatable bonds is 2. The van der Waals surface area contributed by atoms with Crippen LogP contribution in [-0.2, 0) is 10.2 Å². The van der Waals surface area contributed by atoms with E-state index >= 15 is 0 Å². The van der Waals surface area contributed by atoms with Crippen molar-refractivity contribution in [3.8, 4) is 0 Å². The number of carboxylic acids is 1. The lowest BCUT2D eigenvalue weighted by molar-refractivity contribution is -0.143. The van der Waals surface area contributed by atoms with Crippen molar-refractivity contribution in [1.82, 2.24) is 9.97 Å². The van der Waals surface area contributed by atoms with Crippen LogP contribution in [0.15, 0.2) is 22.7 Å². The summed E-state index contributed by atoms with van der Waals surface area (Å²) in [4.78, 5) is 19.0. The highest BCUT2D eigenvalue weighted by atomic mass is 16.4. The first-order valence-electron chi connectivity index (χ1n) is 4.47. The van der Waals surface area contributed by atoms with Crippen molar-refractivity contribution in [2.24, 2.45) is 0 Å². The molecule has 0 saturated carbocycles. The van der Waals surface area contributed by atoms with Gasteiger partial charge in [0.05, 0.1) is 0 Å². The second-order valence-corrected chi connectivity index (χ2v) is 3.78. The summed E-state index contributed by atoms with van der Waals surface area (Å²) in [6.45, 7) is 3.08. The SMILES string of the molecule is CC(C)(C(=O)O)c1nc2cccnc2o1. The van der Waals surface area contributed by atoms with Crippen molar-refractivity contribution in [1.29, 1.82) is 0 Å². The van der Waals surface area contributed by atoms with Crippen LogP contribution in [0.25, 0.3) is 11.2 Å². The van der Waals surface area contributed by atoms with Gasteiger partial charge in [0.15, 0.2) is 0 Å². The number of carboxylic acid groups (broad SMARTS) is 1. The molecule has 2 rings (SSSR count). The van der Waals surface area contributed by atoms with E-state index in [9.17, 15) is 4.79 Å². The average molecular weight is 206 g/mol. The molecule has 2 heterocycles. The van der Waals surface area contributed by atoms with Gasteiger partial charge in [-0.25, -0.2) is 9.97 Å². The van der Waals surface area contributed by atoms with Gasteiger partial charge in [0.25, 0.3) is 0 Å². The van der Waals surface area contributed by atoms with Crippen LogP contribution in [0.5, 0.6) is 0 Å². The minimum absolute atomic E-state index is 0.170. The van der Waals surface area contributed by atoms with Crippen LogP contribution in [0.2, 0.25) is 0 Å². The van der Waals surface area contributed by atoms with Crippen LogP contribution >= 0.6 is 0 Å². The maximum absolute atomic E-state index is 11.0. The summed E-state index contributed by atoms with van der Waals surface area (Å²) in [6, 6.07) is 3.45. The van der Waals surface area contributed by atoms with Crippen LogP contribution < -0.4 is 0 Å². The lowest BCUT2D eigenvalue weighted by atomic mass is 9.94. The third-order valence-electron chi connectivity index (χ3n) is 2.24. The lowest BCUT2D eigenvalue weighted by Crippen LogP contribution is -2.28. The Morgan fingerprint density at radius 3 is 2.87 bits per heavy atom. The second kappa shape index (κ2) is 3.05. The first-order chi connectivity index (χ1) is 7.01. The lowest BCUT2D eigenvalue weighted by Gasteiger charge is -2.13. The highest BCUT2D eigenvalue weighted by molar-refractivity contribution is 5.80. The molecular weight excluding hydrogens is 196 g/mol. The van der Waals surface area contributed by atoms with Gasteiger partial charge in [-0.2, -0.15) is 0 Å². The van der Waals surface area contributed by atoms with E-state index in [0.29, 0.717) is 11.2 Å². The molecule has 15 heavy (non-hydrogen) atoms. The number of pyridine rings is 1. The largest absolute Gasteiger partial charge is 0.480 e. The highest BCUT2D eigenvalue weighted by Gasteiger charge is 2.35. The Morgan fingerprint density at radius 1 is 1.53 bits per heavy atom.